The molecule has 2 atom stereocenters. The number of likely N-dealkylation sites (tertiary alicyclic amines) is 1. The number of hydrogen-bond donors (Lipinski definition) is 3. The summed E-state index contributed by atoms with van der Waals surface area (Å²) in [6.07, 6.45) is 7.13. The lowest BCUT2D eigenvalue weighted by molar-refractivity contribution is 0.0929. The van der Waals surface area contributed by atoms with E-state index in [4.69, 9.17) is 9.97 Å². The zero-order valence-electron chi connectivity index (χ0n) is 27.4. The molecule has 4 aromatic heterocycles. The zero-order valence-corrected chi connectivity index (χ0v) is 28.2. The number of halogens is 1. The number of carbonyl (C=O) groups is 1. The van der Waals surface area contributed by atoms with Gasteiger partial charge < -0.3 is 15.2 Å². The number of pyridine rings is 2. The van der Waals surface area contributed by atoms with Crippen molar-refractivity contribution < 1.29 is 9.18 Å². The van der Waals surface area contributed by atoms with Crippen LogP contribution in [0.1, 0.15) is 90.9 Å². The normalized spacial score (nSPS) is 18.1. The molecule has 1 unspecified atom stereocenters. The maximum absolute atomic E-state index is 14.0. The third-order valence-electron chi connectivity index (χ3n) is 10.0. The second-order valence-electron chi connectivity index (χ2n) is 14.1. The Morgan fingerprint density at radius 3 is 2.60 bits per heavy atom. The van der Waals surface area contributed by atoms with E-state index in [1.165, 1.54) is 29.2 Å². The van der Waals surface area contributed by atoms with Gasteiger partial charge in [0.25, 0.3) is 11.5 Å². The summed E-state index contributed by atoms with van der Waals surface area (Å²) in [7, 11) is 0. The minimum absolute atomic E-state index is 0.226. The Labute approximate surface area is 281 Å². The lowest BCUT2D eigenvalue weighted by Gasteiger charge is -2.34. The van der Waals surface area contributed by atoms with Gasteiger partial charge in [0.2, 0.25) is 0 Å². The van der Waals surface area contributed by atoms with Gasteiger partial charge in [-0.3, -0.25) is 9.59 Å². The topological polar surface area (TPSA) is 145 Å². The zero-order chi connectivity index (χ0) is 33.4. The number of amides is 1. The Morgan fingerprint density at radius 1 is 1.10 bits per heavy atom. The molecule has 48 heavy (non-hydrogen) atoms. The highest BCUT2D eigenvalue weighted by Crippen LogP contribution is 2.38. The van der Waals surface area contributed by atoms with E-state index >= 15 is 0 Å². The van der Waals surface area contributed by atoms with Gasteiger partial charge in [-0.15, -0.1) is 10.2 Å². The number of aromatic nitrogens is 7. The van der Waals surface area contributed by atoms with Crippen LogP contribution in [0.4, 0.5) is 4.39 Å². The quantitative estimate of drug-likeness (QED) is 0.194. The van der Waals surface area contributed by atoms with Gasteiger partial charge in [0.1, 0.15) is 10.3 Å². The maximum Gasteiger partial charge on any atom is 0.283 e. The predicted octanol–water partition coefficient (Wildman–Crippen LogP) is 5.59. The fraction of sp³-hybridized carbons (Fsp3) is 0.457. The summed E-state index contributed by atoms with van der Waals surface area (Å²) in [6.45, 7) is 9.49. The Bertz CT molecular complexity index is 1960. The summed E-state index contributed by atoms with van der Waals surface area (Å²) in [6, 6.07) is 10.8. The molecular weight excluding hydrogens is 630 g/mol. The summed E-state index contributed by atoms with van der Waals surface area (Å²) in [5.41, 5.74) is 4.89. The standard InChI is InChI=1S/C35H40FN9O2S/c1-35(2,3)25-8-9-27-23(16-25)18-29-33(39-27)48-34(40-29)32(47)38-28(12-15-45-13-10-22(11-14-45)30-41-43-44-42-30)21-6-4-20(5-7-21)24-17-26(36)31(46)37-19-24/h4-7,17-19,22,25,28H,8-16H2,1-3H3,(H,37,46)(H,38,47)(H,41,42,43,44)/t25-,28?/m1/s1. The first-order chi connectivity index (χ1) is 23.1. The number of carbonyl (C=O) groups excluding carboxylic acids is 1. The predicted molar refractivity (Wildman–Crippen MR) is 182 cm³/mol. The van der Waals surface area contributed by atoms with Crippen LogP contribution in [0.15, 0.2) is 47.4 Å². The van der Waals surface area contributed by atoms with Crippen molar-refractivity contribution in [3.63, 3.8) is 0 Å². The molecule has 1 saturated heterocycles. The molecule has 0 spiro atoms. The van der Waals surface area contributed by atoms with Crippen molar-refractivity contribution in [2.75, 3.05) is 19.6 Å². The van der Waals surface area contributed by atoms with Crippen LogP contribution in [0.3, 0.4) is 0 Å². The van der Waals surface area contributed by atoms with E-state index in [2.05, 4.69) is 62.7 Å². The summed E-state index contributed by atoms with van der Waals surface area (Å²) in [4.78, 5) is 40.7. The van der Waals surface area contributed by atoms with Crippen LogP contribution >= 0.6 is 11.3 Å². The second-order valence-corrected chi connectivity index (χ2v) is 15.1. The average molecular weight is 670 g/mol. The molecule has 1 aliphatic heterocycles. The number of aryl methyl sites for hydroxylation is 1. The minimum Gasteiger partial charge on any atom is -0.343 e. The fourth-order valence-corrected chi connectivity index (χ4v) is 7.83. The Kier molecular flexibility index (Phi) is 8.90. The summed E-state index contributed by atoms with van der Waals surface area (Å²) < 4.78 is 14.0. The molecular formula is C35H40FN9O2S. The molecule has 11 nitrogen and oxygen atoms in total. The van der Waals surface area contributed by atoms with E-state index in [-0.39, 0.29) is 17.4 Å². The molecule has 1 fully saturated rings. The van der Waals surface area contributed by atoms with Crippen molar-refractivity contribution in [1.82, 2.24) is 45.8 Å². The number of fused-ring (bicyclic) bond motifs is 2. The summed E-state index contributed by atoms with van der Waals surface area (Å²) in [5.74, 6) is 0.591. The molecule has 0 saturated carbocycles. The monoisotopic (exact) mass is 669 g/mol. The van der Waals surface area contributed by atoms with Gasteiger partial charge in [-0.2, -0.15) is 5.21 Å². The molecule has 1 aromatic carbocycles. The van der Waals surface area contributed by atoms with E-state index in [0.717, 1.165) is 84.7 Å². The van der Waals surface area contributed by atoms with Crippen molar-refractivity contribution in [3.8, 4) is 11.1 Å². The van der Waals surface area contributed by atoms with Crippen LogP contribution in [0.2, 0.25) is 0 Å². The van der Waals surface area contributed by atoms with Crippen molar-refractivity contribution in [2.24, 2.45) is 11.3 Å². The number of benzene rings is 1. The number of nitrogens with zero attached hydrogens (tertiary/aromatic N) is 6. The number of nitrogens with one attached hydrogen (secondary N) is 3. The van der Waals surface area contributed by atoms with Gasteiger partial charge in [0.05, 0.1) is 6.04 Å². The average Bonchev–Trinajstić information content (AvgIpc) is 3.77. The minimum atomic E-state index is -0.829. The van der Waals surface area contributed by atoms with Crippen LogP contribution < -0.4 is 10.9 Å². The van der Waals surface area contributed by atoms with Gasteiger partial charge >= 0.3 is 0 Å². The van der Waals surface area contributed by atoms with Crippen molar-refractivity contribution >= 4 is 27.6 Å². The largest absolute Gasteiger partial charge is 0.343 e. The van der Waals surface area contributed by atoms with Crippen molar-refractivity contribution in [3.05, 3.63) is 86.4 Å². The number of hydrogen-bond acceptors (Lipinski definition) is 9. The summed E-state index contributed by atoms with van der Waals surface area (Å²) >= 11 is 1.34. The number of H-pyrrole nitrogens is 2. The first-order valence-electron chi connectivity index (χ1n) is 16.6. The highest BCUT2D eigenvalue weighted by Gasteiger charge is 2.30. The van der Waals surface area contributed by atoms with Crippen LogP contribution in [0, 0.1) is 17.2 Å². The van der Waals surface area contributed by atoms with Gasteiger partial charge in [-0.05, 0) is 91.8 Å². The number of thiazole rings is 1. The number of rotatable bonds is 8. The van der Waals surface area contributed by atoms with Crippen LogP contribution in [0.25, 0.3) is 21.5 Å². The molecule has 7 rings (SSSR count). The number of aromatic amines is 2. The second kappa shape index (κ2) is 13.3. The Morgan fingerprint density at radius 2 is 1.90 bits per heavy atom. The summed E-state index contributed by atoms with van der Waals surface area (Å²) in [5, 5.41) is 18.3. The highest BCUT2D eigenvalue weighted by molar-refractivity contribution is 7.19. The molecule has 0 radical (unpaired) electrons. The first-order valence-corrected chi connectivity index (χ1v) is 17.5. The van der Waals surface area contributed by atoms with E-state index in [9.17, 15) is 14.0 Å². The van der Waals surface area contributed by atoms with Gasteiger partial charge in [-0.1, -0.05) is 61.6 Å². The van der Waals surface area contributed by atoms with E-state index in [1.54, 1.807) is 0 Å². The smallest absolute Gasteiger partial charge is 0.283 e. The van der Waals surface area contributed by atoms with Gasteiger partial charge in [0.15, 0.2) is 16.6 Å². The van der Waals surface area contributed by atoms with E-state index < -0.39 is 11.4 Å². The third kappa shape index (κ3) is 6.93. The SMILES string of the molecule is CC(C)(C)[C@@H]1CCc2nc3sc(C(=O)NC(CCN4CCC(c5nn[nH]n5)CC4)c4ccc(-c5c[nH]c(=O)c(F)c5)cc4)nc3cc2C1. The molecule has 250 valence electrons. The molecule has 0 bridgehead atoms. The molecule has 5 heterocycles. The first kappa shape index (κ1) is 32.2. The van der Waals surface area contributed by atoms with E-state index in [0.29, 0.717) is 28.8 Å². The Balaban J connectivity index is 1.09. The Hall–Kier alpha value is -4.36. The molecule has 1 amide bonds. The van der Waals surface area contributed by atoms with Crippen LogP contribution in [-0.4, -0.2) is 66.0 Å². The number of piperidine rings is 1. The molecule has 3 N–H and O–H groups in total. The molecule has 2 aliphatic rings. The van der Waals surface area contributed by atoms with Crippen molar-refractivity contribution in [1.29, 1.82) is 0 Å². The lowest BCUT2D eigenvalue weighted by Crippen LogP contribution is -2.37. The molecule has 5 aromatic rings. The fourth-order valence-electron chi connectivity index (χ4n) is 6.99. The maximum atomic E-state index is 14.0. The van der Waals surface area contributed by atoms with Crippen LogP contribution in [-0.2, 0) is 12.8 Å². The third-order valence-corrected chi connectivity index (χ3v) is 11.0. The molecule has 13 heteroatoms. The number of tetrazole rings is 1. The lowest BCUT2D eigenvalue weighted by atomic mass is 9.71. The van der Waals surface area contributed by atoms with Gasteiger partial charge in [0, 0.05) is 29.9 Å². The van der Waals surface area contributed by atoms with Gasteiger partial charge in [-0.25, -0.2) is 14.4 Å². The molecule has 1 aliphatic carbocycles. The van der Waals surface area contributed by atoms with Crippen molar-refractivity contribution in [2.45, 2.75) is 71.3 Å². The van der Waals surface area contributed by atoms with E-state index in [1.807, 2.05) is 24.3 Å². The highest BCUT2D eigenvalue weighted by atomic mass is 32.1. The van der Waals surface area contributed by atoms with Crippen LogP contribution in [0.5, 0.6) is 0 Å².